The Labute approximate surface area is 209 Å². The summed E-state index contributed by atoms with van der Waals surface area (Å²) in [4.78, 5) is 49.0. The maximum Gasteiger partial charge on any atom is 0.257 e. The first-order valence-electron chi connectivity index (χ1n) is 11.8. The van der Waals surface area contributed by atoms with Crippen molar-refractivity contribution in [2.24, 2.45) is 0 Å². The summed E-state index contributed by atoms with van der Waals surface area (Å²) in [5.74, 6) is -0.304. The summed E-state index contributed by atoms with van der Waals surface area (Å²) in [6.07, 6.45) is 1.67. The molecule has 1 aliphatic rings. The highest BCUT2D eigenvalue weighted by Crippen LogP contribution is 2.36. The molecule has 8 nitrogen and oxygen atoms in total. The molecule has 1 aliphatic heterocycles. The molecule has 1 N–H and O–H groups in total. The normalized spacial score (nSPS) is 12.3. The number of carbonyl (C=O) groups excluding carboxylic acids is 3. The number of aromatic nitrogens is 1. The second kappa shape index (κ2) is 11.1. The molecule has 3 aromatic rings. The Hall–Kier alpha value is -3.72. The third-order valence-electron chi connectivity index (χ3n) is 6.07. The highest BCUT2D eigenvalue weighted by molar-refractivity contribution is 7.08. The van der Waals surface area contributed by atoms with Gasteiger partial charge in [0, 0.05) is 56.3 Å². The monoisotopic (exact) mass is 491 g/mol. The second-order valence-electron chi connectivity index (χ2n) is 8.11. The van der Waals surface area contributed by atoms with Crippen molar-refractivity contribution in [2.75, 3.05) is 41.3 Å². The Morgan fingerprint density at radius 2 is 1.86 bits per heavy atom. The minimum absolute atomic E-state index is 0.00982. The molecule has 0 saturated heterocycles. The van der Waals surface area contributed by atoms with Crippen LogP contribution in [0.3, 0.4) is 0 Å². The Bertz CT molecular complexity index is 1200. The number of likely N-dealkylation sites (N-methyl/N-ethyl adjacent to an activating group) is 2. The lowest BCUT2D eigenvalue weighted by molar-refractivity contribution is -0.132. The van der Waals surface area contributed by atoms with Gasteiger partial charge in [0.15, 0.2) is 5.82 Å². The number of rotatable bonds is 9. The van der Waals surface area contributed by atoms with E-state index in [0.29, 0.717) is 35.8 Å². The van der Waals surface area contributed by atoms with Crippen LogP contribution in [0.15, 0.2) is 59.4 Å². The van der Waals surface area contributed by atoms with Crippen LogP contribution in [0, 0.1) is 0 Å². The molecule has 0 unspecified atom stereocenters. The minimum atomic E-state index is -0.301. The molecular formula is C26H29N5O3S. The Balaban J connectivity index is 1.46. The number of pyridine rings is 1. The van der Waals surface area contributed by atoms with Crippen LogP contribution in [0.25, 0.3) is 0 Å². The van der Waals surface area contributed by atoms with E-state index in [9.17, 15) is 14.4 Å². The van der Waals surface area contributed by atoms with Crippen LogP contribution in [0.2, 0.25) is 0 Å². The van der Waals surface area contributed by atoms with Crippen LogP contribution in [0.1, 0.15) is 37.0 Å². The van der Waals surface area contributed by atoms with Gasteiger partial charge in [-0.1, -0.05) is 12.1 Å². The van der Waals surface area contributed by atoms with Crippen molar-refractivity contribution in [3.05, 3.63) is 65.0 Å². The Morgan fingerprint density at radius 3 is 2.60 bits per heavy atom. The van der Waals surface area contributed by atoms with Crippen molar-refractivity contribution < 1.29 is 14.4 Å². The SMILES string of the molecule is CCN(CCN(CC)c1ccsc1)C(=O)CCC(=O)N1c2ccccc2C(=O)Nc2cccnc21. The maximum absolute atomic E-state index is 13.4. The topological polar surface area (TPSA) is 85.9 Å². The fourth-order valence-corrected chi connectivity index (χ4v) is 4.84. The number of hydrogen-bond acceptors (Lipinski definition) is 6. The lowest BCUT2D eigenvalue weighted by Crippen LogP contribution is -2.39. The van der Waals surface area contributed by atoms with Crippen molar-refractivity contribution in [1.29, 1.82) is 0 Å². The first kappa shape index (κ1) is 24.4. The number of carbonyl (C=O) groups is 3. The van der Waals surface area contributed by atoms with E-state index in [0.717, 1.165) is 18.8 Å². The smallest absolute Gasteiger partial charge is 0.257 e. The lowest BCUT2D eigenvalue weighted by atomic mass is 10.1. The molecule has 0 fully saturated rings. The molecule has 35 heavy (non-hydrogen) atoms. The van der Waals surface area contributed by atoms with E-state index in [4.69, 9.17) is 0 Å². The van der Waals surface area contributed by atoms with E-state index in [-0.39, 0.29) is 30.6 Å². The van der Waals surface area contributed by atoms with Crippen molar-refractivity contribution in [3.63, 3.8) is 0 Å². The number of thiophene rings is 1. The molecule has 9 heteroatoms. The van der Waals surface area contributed by atoms with Gasteiger partial charge >= 0.3 is 0 Å². The first-order chi connectivity index (χ1) is 17.0. The third-order valence-corrected chi connectivity index (χ3v) is 6.74. The number of hydrogen-bond donors (Lipinski definition) is 1. The van der Waals surface area contributed by atoms with E-state index >= 15 is 0 Å². The van der Waals surface area contributed by atoms with Gasteiger partial charge in [-0.3, -0.25) is 19.3 Å². The molecule has 0 bridgehead atoms. The van der Waals surface area contributed by atoms with Crippen LogP contribution >= 0.6 is 11.3 Å². The van der Waals surface area contributed by atoms with Crippen LogP contribution < -0.4 is 15.1 Å². The van der Waals surface area contributed by atoms with Gasteiger partial charge in [0.2, 0.25) is 11.8 Å². The molecule has 182 valence electrons. The molecule has 3 amide bonds. The number of para-hydroxylation sites is 1. The second-order valence-corrected chi connectivity index (χ2v) is 8.89. The lowest BCUT2D eigenvalue weighted by Gasteiger charge is -2.27. The number of nitrogens with zero attached hydrogens (tertiary/aromatic N) is 4. The van der Waals surface area contributed by atoms with Gasteiger partial charge in [0.05, 0.1) is 16.9 Å². The van der Waals surface area contributed by atoms with Gasteiger partial charge in [0.25, 0.3) is 5.91 Å². The van der Waals surface area contributed by atoms with Crippen molar-refractivity contribution in [1.82, 2.24) is 9.88 Å². The zero-order valence-electron chi connectivity index (χ0n) is 19.9. The van der Waals surface area contributed by atoms with Gasteiger partial charge in [0.1, 0.15) is 0 Å². The Kier molecular flexibility index (Phi) is 7.77. The highest BCUT2D eigenvalue weighted by atomic mass is 32.1. The van der Waals surface area contributed by atoms with E-state index in [1.54, 1.807) is 58.8 Å². The van der Waals surface area contributed by atoms with Crippen molar-refractivity contribution in [2.45, 2.75) is 26.7 Å². The van der Waals surface area contributed by atoms with Crippen LogP contribution in [0.5, 0.6) is 0 Å². The van der Waals surface area contributed by atoms with E-state index < -0.39 is 0 Å². The average Bonchev–Trinajstić information content (AvgIpc) is 3.37. The molecular weight excluding hydrogens is 462 g/mol. The van der Waals surface area contributed by atoms with E-state index in [1.807, 2.05) is 12.3 Å². The summed E-state index contributed by atoms with van der Waals surface area (Å²) in [6, 6.07) is 12.4. The number of fused-ring (bicyclic) bond motifs is 2. The maximum atomic E-state index is 13.4. The fraction of sp³-hybridized carbons (Fsp3) is 0.308. The molecule has 0 radical (unpaired) electrons. The largest absolute Gasteiger partial charge is 0.369 e. The average molecular weight is 492 g/mol. The zero-order chi connectivity index (χ0) is 24.8. The number of amides is 3. The molecule has 0 spiro atoms. The number of anilines is 4. The summed E-state index contributed by atoms with van der Waals surface area (Å²) >= 11 is 1.65. The van der Waals surface area contributed by atoms with Gasteiger partial charge in [-0.2, -0.15) is 11.3 Å². The molecule has 3 heterocycles. The van der Waals surface area contributed by atoms with Crippen molar-refractivity contribution in [3.8, 4) is 0 Å². The third kappa shape index (κ3) is 5.35. The summed E-state index contributed by atoms with van der Waals surface area (Å²) in [6.45, 7) is 6.79. The van der Waals surface area contributed by atoms with Gasteiger partial charge < -0.3 is 15.1 Å². The van der Waals surface area contributed by atoms with Gasteiger partial charge in [-0.25, -0.2) is 4.98 Å². The first-order valence-corrected chi connectivity index (χ1v) is 12.7. The number of nitrogens with one attached hydrogen (secondary N) is 1. The standard InChI is InChI=1S/C26H29N5O3S/c1-3-29(19-13-17-35-18-19)15-16-30(4-2)23(32)11-12-24(33)31-22-10-6-5-8-20(22)26(34)28-21-9-7-14-27-25(21)31/h5-10,13-14,17-18H,3-4,11-12,15-16H2,1-2H3,(H,28,34). The van der Waals surface area contributed by atoms with Gasteiger partial charge in [-0.05, 0) is 49.6 Å². The predicted octanol–water partition coefficient (Wildman–Crippen LogP) is 4.53. The summed E-state index contributed by atoms with van der Waals surface area (Å²) in [5.41, 5.74) is 2.46. The molecule has 2 aromatic heterocycles. The number of benzene rings is 1. The minimum Gasteiger partial charge on any atom is -0.369 e. The van der Waals surface area contributed by atoms with Crippen LogP contribution in [0.4, 0.5) is 22.9 Å². The van der Waals surface area contributed by atoms with E-state index in [1.165, 1.54) is 4.90 Å². The van der Waals surface area contributed by atoms with Crippen LogP contribution in [-0.2, 0) is 9.59 Å². The zero-order valence-corrected chi connectivity index (χ0v) is 20.8. The summed E-state index contributed by atoms with van der Waals surface area (Å²) in [5, 5.41) is 6.97. The van der Waals surface area contributed by atoms with Crippen molar-refractivity contribution >= 4 is 51.9 Å². The quantitative estimate of drug-likeness (QED) is 0.475. The molecule has 1 aromatic carbocycles. The highest BCUT2D eigenvalue weighted by Gasteiger charge is 2.30. The molecule has 0 saturated carbocycles. The van der Waals surface area contributed by atoms with Gasteiger partial charge in [-0.15, -0.1) is 0 Å². The summed E-state index contributed by atoms with van der Waals surface area (Å²) in [7, 11) is 0. The fourth-order valence-electron chi connectivity index (χ4n) is 4.18. The molecule has 4 rings (SSSR count). The van der Waals surface area contributed by atoms with E-state index in [2.05, 4.69) is 33.6 Å². The Morgan fingerprint density at radius 1 is 1.03 bits per heavy atom. The molecule has 0 aliphatic carbocycles. The van der Waals surface area contributed by atoms with Crippen LogP contribution in [-0.4, -0.2) is 53.8 Å². The summed E-state index contributed by atoms with van der Waals surface area (Å²) < 4.78 is 0. The molecule has 0 atom stereocenters. The predicted molar refractivity (Wildman–Crippen MR) is 139 cm³/mol.